The van der Waals surface area contributed by atoms with E-state index >= 15 is 0 Å². The zero-order valence-corrected chi connectivity index (χ0v) is 7.73. The van der Waals surface area contributed by atoms with Gasteiger partial charge in [0.25, 0.3) is 0 Å². The zero-order valence-electron chi connectivity index (χ0n) is 6.98. The average molecular weight is 224 g/mol. The fourth-order valence-electron chi connectivity index (χ4n) is 0.979. The van der Waals surface area contributed by atoms with Crippen molar-refractivity contribution in [1.29, 1.82) is 0 Å². The third-order valence-electron chi connectivity index (χ3n) is 1.67. The second kappa shape index (κ2) is 3.79. The van der Waals surface area contributed by atoms with E-state index in [0.717, 1.165) is 6.07 Å². The van der Waals surface area contributed by atoms with Gasteiger partial charge in [0.1, 0.15) is 0 Å². The van der Waals surface area contributed by atoms with Crippen LogP contribution < -0.4 is 0 Å². The highest BCUT2D eigenvalue weighted by molar-refractivity contribution is 6.31. The summed E-state index contributed by atoms with van der Waals surface area (Å²) < 4.78 is 36.4. The second-order valence-electron chi connectivity index (χ2n) is 2.80. The number of aliphatic hydroxyl groups excluding tert-OH is 1. The highest BCUT2D eigenvalue weighted by Gasteiger charge is 2.40. The molecule has 77 valence electrons. The molecule has 0 aliphatic rings. The molecule has 0 spiro atoms. The third kappa shape index (κ3) is 2.39. The van der Waals surface area contributed by atoms with Crippen molar-refractivity contribution in [2.24, 2.45) is 0 Å². The van der Waals surface area contributed by atoms with E-state index in [4.69, 9.17) is 16.7 Å². The molecule has 0 saturated heterocycles. The van der Waals surface area contributed by atoms with Crippen molar-refractivity contribution in [2.45, 2.75) is 12.3 Å². The minimum absolute atomic E-state index is 0.123. The van der Waals surface area contributed by atoms with Crippen LogP contribution in [-0.4, -0.2) is 11.3 Å². The number of rotatable bonds is 1. The first-order valence-electron chi connectivity index (χ1n) is 3.68. The number of aliphatic hydroxyl groups is 1. The maximum Gasteiger partial charge on any atom is 0.418 e. The number of halogens is 4. The Hall–Kier alpha value is -0.740. The molecular formula is C9H7ClF3O. The van der Waals surface area contributed by atoms with E-state index in [0.29, 0.717) is 5.56 Å². The number of hydrogen-bond acceptors (Lipinski definition) is 1. The van der Waals surface area contributed by atoms with Gasteiger partial charge in [-0.2, -0.15) is 13.2 Å². The molecule has 1 nitrogen and oxygen atoms in total. The van der Waals surface area contributed by atoms with Gasteiger partial charge in [-0.15, -0.1) is 0 Å². The summed E-state index contributed by atoms with van der Waals surface area (Å²) in [6.07, 6.45) is -7.27. The molecule has 0 aliphatic carbocycles. The topological polar surface area (TPSA) is 20.2 Å². The van der Waals surface area contributed by atoms with Crippen molar-refractivity contribution in [3.8, 4) is 0 Å². The lowest BCUT2D eigenvalue weighted by Crippen LogP contribution is -2.20. The van der Waals surface area contributed by atoms with Crippen LogP contribution in [0, 0.1) is 6.92 Å². The molecule has 1 aromatic carbocycles. The molecule has 0 aliphatic heterocycles. The minimum atomic E-state index is -4.71. The molecule has 0 bridgehead atoms. The Kier molecular flexibility index (Phi) is 3.07. The predicted octanol–water partition coefficient (Wildman–Crippen LogP) is 3.12. The summed E-state index contributed by atoms with van der Waals surface area (Å²) in [4.78, 5) is 0. The van der Waals surface area contributed by atoms with Crippen LogP contribution in [0.1, 0.15) is 17.2 Å². The summed E-state index contributed by atoms with van der Waals surface area (Å²) in [6.45, 7) is 3.45. The molecule has 0 heterocycles. The van der Waals surface area contributed by atoms with Crippen LogP contribution in [0.4, 0.5) is 13.2 Å². The molecule has 1 rings (SSSR count). The molecule has 0 saturated carbocycles. The van der Waals surface area contributed by atoms with Gasteiger partial charge in [0.05, 0.1) is 0 Å². The van der Waals surface area contributed by atoms with Crippen molar-refractivity contribution in [3.05, 3.63) is 41.3 Å². The first-order chi connectivity index (χ1) is 6.32. The van der Waals surface area contributed by atoms with Crippen molar-refractivity contribution < 1.29 is 18.3 Å². The van der Waals surface area contributed by atoms with E-state index in [1.807, 2.05) is 0 Å². The standard InChI is InChI=1S/C9H7ClF3O/c1-5-2-3-7(10)6(4-5)8(14)9(11,12)13/h2-4,8,14H,1H2. The van der Waals surface area contributed by atoms with Gasteiger partial charge in [-0.1, -0.05) is 23.7 Å². The van der Waals surface area contributed by atoms with Gasteiger partial charge in [-0.05, 0) is 18.6 Å². The molecule has 1 aromatic rings. The van der Waals surface area contributed by atoms with Crippen LogP contribution in [0.15, 0.2) is 18.2 Å². The average Bonchev–Trinajstić information content (AvgIpc) is 2.06. The van der Waals surface area contributed by atoms with Gasteiger partial charge < -0.3 is 5.11 Å². The molecule has 0 fully saturated rings. The maximum absolute atomic E-state index is 12.1. The molecule has 1 radical (unpaired) electrons. The van der Waals surface area contributed by atoms with Crippen molar-refractivity contribution in [3.63, 3.8) is 0 Å². The zero-order chi connectivity index (χ0) is 10.9. The molecule has 0 aromatic heterocycles. The monoisotopic (exact) mass is 223 g/mol. The van der Waals surface area contributed by atoms with Gasteiger partial charge in [0.2, 0.25) is 0 Å². The van der Waals surface area contributed by atoms with Crippen LogP contribution in [0.5, 0.6) is 0 Å². The Morgan fingerprint density at radius 3 is 2.43 bits per heavy atom. The molecule has 5 heteroatoms. The number of benzene rings is 1. The Balaban J connectivity index is 3.12. The van der Waals surface area contributed by atoms with E-state index < -0.39 is 12.3 Å². The van der Waals surface area contributed by atoms with Gasteiger partial charge in [0, 0.05) is 10.6 Å². The Bertz CT molecular complexity index is 335. The molecule has 14 heavy (non-hydrogen) atoms. The number of hydrogen-bond donors (Lipinski definition) is 1. The minimum Gasteiger partial charge on any atom is -0.379 e. The summed E-state index contributed by atoms with van der Waals surface area (Å²) in [6, 6.07) is 3.85. The largest absolute Gasteiger partial charge is 0.418 e. The first-order valence-corrected chi connectivity index (χ1v) is 4.06. The Morgan fingerprint density at radius 1 is 1.36 bits per heavy atom. The molecule has 1 N–H and O–H groups in total. The van der Waals surface area contributed by atoms with Gasteiger partial charge in [-0.3, -0.25) is 0 Å². The number of alkyl halides is 3. The van der Waals surface area contributed by atoms with Crippen LogP contribution in [-0.2, 0) is 0 Å². The normalized spacial score (nSPS) is 14.1. The fourth-order valence-corrected chi connectivity index (χ4v) is 1.20. The van der Waals surface area contributed by atoms with Crippen molar-refractivity contribution in [2.75, 3.05) is 0 Å². The van der Waals surface area contributed by atoms with Gasteiger partial charge in [0.15, 0.2) is 6.10 Å². The van der Waals surface area contributed by atoms with Crippen LogP contribution in [0.2, 0.25) is 5.02 Å². The highest BCUT2D eigenvalue weighted by Crippen LogP contribution is 2.36. The van der Waals surface area contributed by atoms with Gasteiger partial charge in [-0.25, -0.2) is 0 Å². The first kappa shape index (κ1) is 11.3. The molecule has 1 unspecified atom stereocenters. The van der Waals surface area contributed by atoms with E-state index in [1.54, 1.807) is 0 Å². The lowest BCUT2D eigenvalue weighted by molar-refractivity contribution is -0.206. The summed E-state index contributed by atoms with van der Waals surface area (Å²) in [5.41, 5.74) is -0.000586. The van der Waals surface area contributed by atoms with Crippen LogP contribution >= 0.6 is 11.6 Å². The van der Waals surface area contributed by atoms with E-state index in [1.165, 1.54) is 12.1 Å². The quantitative estimate of drug-likeness (QED) is 0.776. The van der Waals surface area contributed by atoms with E-state index in [9.17, 15) is 13.2 Å². The fraction of sp³-hybridized carbons (Fsp3) is 0.222. The summed E-state index contributed by atoms with van der Waals surface area (Å²) >= 11 is 5.51. The molecular weight excluding hydrogens is 217 g/mol. The summed E-state index contributed by atoms with van der Waals surface area (Å²) in [7, 11) is 0. The predicted molar refractivity (Wildman–Crippen MR) is 46.9 cm³/mol. The SMILES string of the molecule is [CH2]c1ccc(Cl)c(C(O)C(F)(F)F)c1. The molecule has 0 amide bonds. The summed E-state index contributed by atoms with van der Waals surface area (Å²) in [5, 5.41) is 8.80. The Morgan fingerprint density at radius 2 is 1.93 bits per heavy atom. The highest BCUT2D eigenvalue weighted by atomic mass is 35.5. The molecule has 1 atom stereocenters. The lowest BCUT2D eigenvalue weighted by atomic mass is 10.1. The summed E-state index contributed by atoms with van der Waals surface area (Å²) in [5.74, 6) is 0. The smallest absolute Gasteiger partial charge is 0.379 e. The van der Waals surface area contributed by atoms with Crippen LogP contribution in [0.25, 0.3) is 0 Å². The van der Waals surface area contributed by atoms with Crippen molar-refractivity contribution in [1.82, 2.24) is 0 Å². The van der Waals surface area contributed by atoms with Crippen molar-refractivity contribution >= 4 is 11.6 Å². The Labute approximate surface area is 84.1 Å². The van der Waals surface area contributed by atoms with E-state index in [2.05, 4.69) is 6.92 Å². The third-order valence-corrected chi connectivity index (χ3v) is 2.01. The maximum atomic E-state index is 12.1. The van der Waals surface area contributed by atoms with Gasteiger partial charge >= 0.3 is 6.18 Å². The lowest BCUT2D eigenvalue weighted by Gasteiger charge is -2.16. The van der Waals surface area contributed by atoms with Crippen LogP contribution in [0.3, 0.4) is 0 Å². The van der Waals surface area contributed by atoms with E-state index in [-0.39, 0.29) is 10.6 Å². The second-order valence-corrected chi connectivity index (χ2v) is 3.21.